The van der Waals surface area contributed by atoms with Crippen molar-refractivity contribution < 1.29 is 9.47 Å². The van der Waals surface area contributed by atoms with Crippen molar-refractivity contribution >= 4 is 0 Å². The Morgan fingerprint density at radius 3 is 2.96 bits per heavy atom. The van der Waals surface area contributed by atoms with Crippen LogP contribution >= 0.6 is 0 Å². The van der Waals surface area contributed by atoms with Gasteiger partial charge in [-0.15, -0.1) is 0 Å². The molecule has 0 amide bonds. The highest BCUT2D eigenvalue weighted by Gasteiger charge is 2.35. The number of methoxy groups -OCH3 is 2. The average molecular weight is 320 g/mol. The minimum atomic E-state index is 0.173. The van der Waals surface area contributed by atoms with E-state index in [1.165, 1.54) is 5.56 Å². The molecular formula is C15H24N6O2. The van der Waals surface area contributed by atoms with Crippen molar-refractivity contribution in [2.45, 2.75) is 38.6 Å². The van der Waals surface area contributed by atoms with Crippen LogP contribution in [0.1, 0.15) is 29.7 Å². The fourth-order valence-electron chi connectivity index (χ4n) is 3.01. The van der Waals surface area contributed by atoms with Gasteiger partial charge in [0.25, 0.3) is 0 Å². The van der Waals surface area contributed by atoms with Crippen LogP contribution in [0.25, 0.3) is 0 Å². The number of aromatic amines is 1. The SMILES string of the molecule is COCCn1cc(CN2C[C@H](OC)C[C@H]2c2n[nH]c(C)n2)cn1. The summed E-state index contributed by atoms with van der Waals surface area (Å²) >= 11 is 0. The van der Waals surface area contributed by atoms with E-state index in [4.69, 9.17) is 9.47 Å². The summed E-state index contributed by atoms with van der Waals surface area (Å²) in [7, 11) is 3.46. The molecule has 2 atom stereocenters. The number of ether oxygens (including phenoxy) is 2. The van der Waals surface area contributed by atoms with Crippen LogP contribution in [0.5, 0.6) is 0 Å². The lowest BCUT2D eigenvalue weighted by Gasteiger charge is -2.20. The van der Waals surface area contributed by atoms with Crippen LogP contribution in [-0.2, 0) is 22.6 Å². The first-order chi connectivity index (χ1) is 11.2. The summed E-state index contributed by atoms with van der Waals surface area (Å²) in [6.45, 7) is 5.03. The lowest BCUT2D eigenvalue weighted by molar-refractivity contribution is 0.107. The maximum absolute atomic E-state index is 5.55. The van der Waals surface area contributed by atoms with E-state index in [0.717, 1.165) is 37.7 Å². The monoisotopic (exact) mass is 320 g/mol. The number of aromatic nitrogens is 5. The van der Waals surface area contributed by atoms with E-state index in [-0.39, 0.29) is 12.1 Å². The average Bonchev–Trinajstić information content (AvgIpc) is 3.25. The van der Waals surface area contributed by atoms with E-state index in [9.17, 15) is 0 Å². The number of H-pyrrole nitrogens is 1. The van der Waals surface area contributed by atoms with Gasteiger partial charge in [-0.05, 0) is 13.3 Å². The molecule has 3 rings (SSSR count). The quantitative estimate of drug-likeness (QED) is 0.817. The fourth-order valence-corrected chi connectivity index (χ4v) is 3.01. The zero-order valence-corrected chi connectivity index (χ0v) is 13.9. The second kappa shape index (κ2) is 7.20. The second-order valence-electron chi connectivity index (χ2n) is 5.92. The topological polar surface area (TPSA) is 81.1 Å². The minimum absolute atomic E-state index is 0.173. The zero-order valence-electron chi connectivity index (χ0n) is 13.9. The van der Waals surface area contributed by atoms with E-state index in [1.807, 2.05) is 17.8 Å². The third kappa shape index (κ3) is 3.77. The van der Waals surface area contributed by atoms with Crippen LogP contribution in [-0.4, -0.2) is 63.3 Å². The van der Waals surface area contributed by atoms with Crippen LogP contribution in [0.15, 0.2) is 12.4 Å². The summed E-state index contributed by atoms with van der Waals surface area (Å²) in [5.41, 5.74) is 1.18. The van der Waals surface area contributed by atoms with Crippen molar-refractivity contribution in [3.63, 3.8) is 0 Å². The normalized spacial score (nSPS) is 22.0. The molecule has 8 heteroatoms. The molecule has 0 unspecified atom stereocenters. The van der Waals surface area contributed by atoms with E-state index < -0.39 is 0 Å². The molecule has 3 heterocycles. The summed E-state index contributed by atoms with van der Waals surface area (Å²) in [5, 5.41) is 11.6. The number of rotatable bonds is 7. The summed E-state index contributed by atoms with van der Waals surface area (Å²) in [4.78, 5) is 6.85. The van der Waals surface area contributed by atoms with Crippen LogP contribution < -0.4 is 0 Å². The van der Waals surface area contributed by atoms with Gasteiger partial charge in [-0.2, -0.15) is 10.2 Å². The van der Waals surface area contributed by atoms with Gasteiger partial charge in [0.15, 0.2) is 5.82 Å². The maximum atomic E-state index is 5.55. The van der Waals surface area contributed by atoms with Gasteiger partial charge in [-0.3, -0.25) is 14.7 Å². The molecule has 1 aliphatic heterocycles. The Labute approximate surface area is 135 Å². The number of nitrogens with zero attached hydrogens (tertiary/aromatic N) is 5. The van der Waals surface area contributed by atoms with Gasteiger partial charge in [-0.1, -0.05) is 0 Å². The highest BCUT2D eigenvalue weighted by Crippen LogP contribution is 2.32. The standard InChI is InChI=1S/C15H24N6O2/c1-11-17-15(19-18-11)14-6-13(23-3)10-20(14)8-12-7-16-21(9-12)4-5-22-2/h7,9,13-14H,4-6,8,10H2,1-3H3,(H,17,18,19)/t13-,14+/m1/s1. The summed E-state index contributed by atoms with van der Waals surface area (Å²) in [6.07, 6.45) is 5.10. The molecule has 0 aromatic carbocycles. The number of aryl methyl sites for hydroxylation is 1. The maximum Gasteiger partial charge on any atom is 0.167 e. The van der Waals surface area contributed by atoms with Gasteiger partial charge in [0, 0.05) is 39.1 Å². The van der Waals surface area contributed by atoms with Crippen LogP contribution in [0.3, 0.4) is 0 Å². The third-order valence-corrected chi connectivity index (χ3v) is 4.21. The second-order valence-corrected chi connectivity index (χ2v) is 5.92. The molecule has 1 fully saturated rings. The lowest BCUT2D eigenvalue weighted by Crippen LogP contribution is -2.25. The first-order valence-corrected chi connectivity index (χ1v) is 7.85. The first-order valence-electron chi connectivity index (χ1n) is 7.85. The molecule has 23 heavy (non-hydrogen) atoms. The van der Waals surface area contributed by atoms with Crippen molar-refractivity contribution in [1.29, 1.82) is 0 Å². The Balaban J connectivity index is 1.70. The molecule has 0 saturated carbocycles. The predicted octanol–water partition coefficient (Wildman–Crippen LogP) is 0.918. The van der Waals surface area contributed by atoms with E-state index in [2.05, 4.69) is 31.4 Å². The van der Waals surface area contributed by atoms with Crippen molar-refractivity contribution in [2.75, 3.05) is 27.4 Å². The molecule has 2 aromatic rings. The van der Waals surface area contributed by atoms with Gasteiger partial charge in [0.05, 0.1) is 31.5 Å². The van der Waals surface area contributed by atoms with Gasteiger partial charge < -0.3 is 9.47 Å². The smallest absolute Gasteiger partial charge is 0.167 e. The number of hydrogen-bond acceptors (Lipinski definition) is 6. The summed E-state index contributed by atoms with van der Waals surface area (Å²) in [6, 6.07) is 0.173. The Hall–Kier alpha value is -1.77. The third-order valence-electron chi connectivity index (χ3n) is 4.21. The van der Waals surface area contributed by atoms with Gasteiger partial charge in [0.2, 0.25) is 0 Å². The molecule has 1 N–H and O–H groups in total. The molecule has 0 aliphatic carbocycles. The van der Waals surface area contributed by atoms with E-state index in [0.29, 0.717) is 6.61 Å². The Morgan fingerprint density at radius 1 is 1.39 bits per heavy atom. The molecule has 1 saturated heterocycles. The van der Waals surface area contributed by atoms with Gasteiger partial charge in [-0.25, -0.2) is 4.98 Å². The van der Waals surface area contributed by atoms with E-state index in [1.54, 1.807) is 14.2 Å². The lowest BCUT2D eigenvalue weighted by atomic mass is 10.2. The number of hydrogen-bond donors (Lipinski definition) is 1. The molecule has 0 spiro atoms. The Kier molecular flexibility index (Phi) is 5.04. The number of nitrogens with one attached hydrogen (secondary N) is 1. The molecule has 2 aromatic heterocycles. The van der Waals surface area contributed by atoms with Crippen LogP contribution in [0, 0.1) is 6.92 Å². The van der Waals surface area contributed by atoms with Crippen molar-refractivity contribution in [3.8, 4) is 0 Å². The predicted molar refractivity (Wildman–Crippen MR) is 83.8 cm³/mol. The van der Waals surface area contributed by atoms with Gasteiger partial charge >= 0.3 is 0 Å². The van der Waals surface area contributed by atoms with Crippen LogP contribution in [0.4, 0.5) is 0 Å². The van der Waals surface area contributed by atoms with E-state index >= 15 is 0 Å². The van der Waals surface area contributed by atoms with Crippen LogP contribution in [0.2, 0.25) is 0 Å². The fraction of sp³-hybridized carbons (Fsp3) is 0.667. The van der Waals surface area contributed by atoms with Crippen molar-refractivity contribution in [2.24, 2.45) is 0 Å². The minimum Gasteiger partial charge on any atom is -0.383 e. The highest BCUT2D eigenvalue weighted by molar-refractivity contribution is 5.08. The Morgan fingerprint density at radius 2 is 2.26 bits per heavy atom. The van der Waals surface area contributed by atoms with Crippen molar-refractivity contribution in [1.82, 2.24) is 29.9 Å². The molecule has 8 nitrogen and oxygen atoms in total. The summed E-state index contributed by atoms with van der Waals surface area (Å²) < 4.78 is 12.5. The number of likely N-dealkylation sites (tertiary alicyclic amines) is 1. The highest BCUT2D eigenvalue weighted by atomic mass is 16.5. The molecule has 0 radical (unpaired) electrons. The molecule has 0 bridgehead atoms. The largest absolute Gasteiger partial charge is 0.383 e. The van der Waals surface area contributed by atoms with Crippen molar-refractivity contribution in [3.05, 3.63) is 29.6 Å². The first kappa shape index (κ1) is 16.1. The zero-order chi connectivity index (χ0) is 16.2. The summed E-state index contributed by atoms with van der Waals surface area (Å²) in [5.74, 6) is 1.68. The van der Waals surface area contributed by atoms with Gasteiger partial charge in [0.1, 0.15) is 5.82 Å². The molecular weight excluding hydrogens is 296 g/mol. The molecule has 126 valence electrons. The molecule has 1 aliphatic rings. The Bertz CT molecular complexity index is 625.